The first kappa shape index (κ1) is 21.2. The number of nitrogens with one attached hydrogen (secondary N) is 1. The van der Waals surface area contributed by atoms with Crippen molar-refractivity contribution in [2.24, 2.45) is 0 Å². The minimum atomic E-state index is -4.54. The third kappa shape index (κ3) is 7.31. The minimum Gasteiger partial charge on any atom is -0.334 e. The number of benzene rings is 1. The molecule has 0 saturated carbocycles. The number of amides is 2. The highest BCUT2D eigenvalue weighted by Crippen LogP contribution is 2.33. The van der Waals surface area contributed by atoms with Crippen LogP contribution in [0.15, 0.2) is 18.2 Å². The normalized spacial score (nSPS) is 11.5. The highest BCUT2D eigenvalue weighted by molar-refractivity contribution is 6.33. The van der Waals surface area contributed by atoms with E-state index in [2.05, 4.69) is 5.32 Å². The lowest BCUT2D eigenvalue weighted by Crippen LogP contribution is -2.38. The second-order valence-corrected chi connectivity index (χ2v) is 6.25. The molecule has 1 aromatic rings. The Labute approximate surface area is 149 Å². The number of carbonyl (C=O) groups is 2. The smallest absolute Gasteiger partial charge is 0.334 e. The molecule has 140 valence electrons. The number of anilines is 1. The van der Waals surface area contributed by atoms with E-state index in [-0.39, 0.29) is 23.2 Å². The summed E-state index contributed by atoms with van der Waals surface area (Å²) in [4.78, 5) is 27.0. The molecule has 9 heteroatoms. The summed E-state index contributed by atoms with van der Waals surface area (Å²) in [7, 11) is 3.78. The maximum atomic E-state index is 12.7. The van der Waals surface area contributed by atoms with E-state index in [9.17, 15) is 22.8 Å². The number of nitrogens with zero attached hydrogens (tertiary/aromatic N) is 2. The summed E-state index contributed by atoms with van der Waals surface area (Å²) in [6, 6.07) is 2.67. The molecule has 0 unspecified atom stereocenters. The zero-order valence-electron chi connectivity index (χ0n) is 14.3. The van der Waals surface area contributed by atoms with Gasteiger partial charge in [-0.3, -0.25) is 9.59 Å². The van der Waals surface area contributed by atoms with E-state index in [4.69, 9.17) is 11.6 Å². The quantitative estimate of drug-likeness (QED) is 0.792. The van der Waals surface area contributed by atoms with E-state index < -0.39 is 17.6 Å². The molecule has 25 heavy (non-hydrogen) atoms. The van der Waals surface area contributed by atoms with Gasteiger partial charge >= 0.3 is 6.18 Å². The van der Waals surface area contributed by atoms with E-state index >= 15 is 0 Å². The summed E-state index contributed by atoms with van der Waals surface area (Å²) < 4.78 is 38.2. The highest BCUT2D eigenvalue weighted by atomic mass is 35.5. The van der Waals surface area contributed by atoms with Gasteiger partial charge in [-0.2, -0.15) is 13.2 Å². The van der Waals surface area contributed by atoms with Crippen molar-refractivity contribution in [2.45, 2.75) is 19.5 Å². The van der Waals surface area contributed by atoms with Crippen molar-refractivity contribution in [2.75, 3.05) is 39.0 Å². The first-order valence-corrected chi connectivity index (χ1v) is 7.95. The summed E-state index contributed by atoms with van der Waals surface area (Å²) >= 11 is 5.84. The highest BCUT2D eigenvalue weighted by Gasteiger charge is 2.31. The van der Waals surface area contributed by atoms with Crippen LogP contribution >= 0.6 is 11.6 Å². The molecule has 0 aliphatic rings. The van der Waals surface area contributed by atoms with Gasteiger partial charge in [-0.15, -0.1) is 0 Å². The first-order valence-electron chi connectivity index (χ1n) is 7.57. The van der Waals surface area contributed by atoms with Crippen molar-refractivity contribution in [1.82, 2.24) is 9.80 Å². The van der Waals surface area contributed by atoms with E-state index in [0.717, 1.165) is 24.7 Å². The van der Waals surface area contributed by atoms with Crippen LogP contribution in [-0.2, 0) is 15.8 Å². The Morgan fingerprint density at radius 3 is 2.36 bits per heavy atom. The number of halogens is 4. The van der Waals surface area contributed by atoms with Crippen molar-refractivity contribution in [3.63, 3.8) is 0 Å². The van der Waals surface area contributed by atoms with Gasteiger partial charge in [0.1, 0.15) is 0 Å². The topological polar surface area (TPSA) is 52.7 Å². The predicted octanol–water partition coefficient (Wildman–Crippen LogP) is 3.10. The largest absolute Gasteiger partial charge is 0.416 e. The van der Waals surface area contributed by atoms with E-state index in [1.54, 1.807) is 0 Å². The second-order valence-electron chi connectivity index (χ2n) is 5.84. The molecule has 1 N–H and O–H groups in total. The fourth-order valence-corrected chi connectivity index (χ4v) is 2.25. The third-order valence-corrected chi connectivity index (χ3v) is 3.71. The summed E-state index contributed by atoms with van der Waals surface area (Å²) in [5.74, 6) is -0.898. The fourth-order valence-electron chi connectivity index (χ4n) is 2.09. The van der Waals surface area contributed by atoms with E-state index in [1.165, 1.54) is 11.8 Å². The predicted molar refractivity (Wildman–Crippen MR) is 90.5 cm³/mol. The molecule has 0 aliphatic heterocycles. The Hall–Kier alpha value is -1.80. The Bertz CT molecular complexity index is 621. The first-order chi connectivity index (χ1) is 11.5. The Morgan fingerprint density at radius 1 is 1.20 bits per heavy atom. The van der Waals surface area contributed by atoms with Crippen LogP contribution in [0.3, 0.4) is 0 Å². The number of alkyl halides is 3. The number of hydrogen-bond donors (Lipinski definition) is 1. The molecule has 0 spiro atoms. The fraction of sp³-hybridized carbons (Fsp3) is 0.500. The van der Waals surface area contributed by atoms with Crippen LogP contribution in [0.2, 0.25) is 5.02 Å². The summed E-state index contributed by atoms with van der Waals surface area (Å²) in [6.07, 6.45) is -3.87. The monoisotopic (exact) mass is 379 g/mol. The van der Waals surface area contributed by atoms with Crippen molar-refractivity contribution >= 4 is 29.1 Å². The van der Waals surface area contributed by atoms with Crippen LogP contribution in [0.1, 0.15) is 18.9 Å². The van der Waals surface area contributed by atoms with Gasteiger partial charge in [-0.1, -0.05) is 11.6 Å². The molecule has 0 bridgehead atoms. The minimum absolute atomic E-state index is 0.0108. The van der Waals surface area contributed by atoms with E-state index in [1.807, 2.05) is 19.0 Å². The molecule has 0 heterocycles. The zero-order chi connectivity index (χ0) is 19.2. The molecular weight excluding hydrogens is 359 g/mol. The Morgan fingerprint density at radius 2 is 1.84 bits per heavy atom. The molecule has 1 aromatic carbocycles. The standard InChI is InChI=1S/C16H21ClF3N3O2/c1-11(24)23(8-4-7-22(2)3)10-15(25)21-14-9-12(16(18,19)20)5-6-13(14)17/h5-6,9H,4,7-8,10H2,1-3H3,(H,21,25). The van der Waals surface area contributed by atoms with Crippen molar-refractivity contribution < 1.29 is 22.8 Å². The van der Waals surface area contributed by atoms with Crippen LogP contribution in [0.25, 0.3) is 0 Å². The molecule has 0 atom stereocenters. The average Bonchev–Trinajstić information content (AvgIpc) is 2.46. The molecule has 2 amide bonds. The van der Waals surface area contributed by atoms with E-state index in [0.29, 0.717) is 13.0 Å². The molecule has 5 nitrogen and oxygen atoms in total. The van der Waals surface area contributed by atoms with Crippen LogP contribution in [0, 0.1) is 0 Å². The Balaban J connectivity index is 2.75. The maximum absolute atomic E-state index is 12.7. The molecule has 0 radical (unpaired) electrons. The molecular formula is C16H21ClF3N3O2. The lowest BCUT2D eigenvalue weighted by Gasteiger charge is -2.21. The van der Waals surface area contributed by atoms with Crippen molar-refractivity contribution in [3.05, 3.63) is 28.8 Å². The SMILES string of the molecule is CC(=O)N(CCCN(C)C)CC(=O)Nc1cc(C(F)(F)F)ccc1Cl. The molecule has 0 saturated heterocycles. The molecule has 0 fully saturated rings. The number of rotatable bonds is 7. The summed E-state index contributed by atoms with van der Waals surface area (Å²) in [6.45, 7) is 2.19. The van der Waals surface area contributed by atoms with Gasteiger partial charge in [0.15, 0.2) is 0 Å². The maximum Gasteiger partial charge on any atom is 0.416 e. The van der Waals surface area contributed by atoms with Gasteiger partial charge in [-0.25, -0.2) is 0 Å². The lowest BCUT2D eigenvalue weighted by molar-refractivity contribution is -0.137. The summed E-state index contributed by atoms with van der Waals surface area (Å²) in [5.41, 5.74) is -1.06. The van der Waals surface area contributed by atoms with Crippen LogP contribution < -0.4 is 5.32 Å². The zero-order valence-corrected chi connectivity index (χ0v) is 15.0. The van der Waals surface area contributed by atoms with Crippen LogP contribution in [-0.4, -0.2) is 55.3 Å². The Kier molecular flexibility index (Phi) is 7.69. The molecule has 0 aliphatic carbocycles. The van der Waals surface area contributed by atoms with Gasteiger partial charge in [0, 0.05) is 13.5 Å². The van der Waals surface area contributed by atoms with Crippen molar-refractivity contribution in [3.8, 4) is 0 Å². The van der Waals surface area contributed by atoms with Gasteiger partial charge in [0.05, 0.1) is 22.8 Å². The third-order valence-electron chi connectivity index (χ3n) is 3.38. The van der Waals surface area contributed by atoms with Gasteiger partial charge < -0.3 is 15.1 Å². The summed E-state index contributed by atoms with van der Waals surface area (Å²) in [5, 5.41) is 2.32. The van der Waals surface area contributed by atoms with Gasteiger partial charge in [0.25, 0.3) is 0 Å². The van der Waals surface area contributed by atoms with Crippen LogP contribution in [0.4, 0.5) is 18.9 Å². The van der Waals surface area contributed by atoms with Gasteiger partial charge in [0.2, 0.25) is 11.8 Å². The number of hydrogen-bond acceptors (Lipinski definition) is 3. The molecule has 1 rings (SSSR count). The lowest BCUT2D eigenvalue weighted by atomic mass is 10.2. The average molecular weight is 380 g/mol. The van der Waals surface area contributed by atoms with Gasteiger partial charge in [-0.05, 0) is 45.3 Å². The second kappa shape index (κ2) is 9.05. The van der Waals surface area contributed by atoms with Crippen molar-refractivity contribution in [1.29, 1.82) is 0 Å². The number of carbonyl (C=O) groups excluding carboxylic acids is 2. The van der Waals surface area contributed by atoms with Crippen LogP contribution in [0.5, 0.6) is 0 Å². The molecule has 0 aromatic heterocycles.